The first kappa shape index (κ1) is 13.3. The number of rotatable bonds is 2. The molecule has 18 heavy (non-hydrogen) atoms. The summed E-state index contributed by atoms with van der Waals surface area (Å²) < 4.78 is 0. The molecule has 0 radical (unpaired) electrons. The number of hydrogen-bond acceptors (Lipinski definition) is 2. The molecule has 2 rings (SSSR count). The van der Waals surface area contributed by atoms with Crippen molar-refractivity contribution in [2.45, 2.75) is 19.3 Å². The number of thiocarbonyl (C=S) groups is 1. The molecule has 0 saturated carbocycles. The van der Waals surface area contributed by atoms with Crippen LogP contribution in [0.15, 0.2) is 24.3 Å². The van der Waals surface area contributed by atoms with Gasteiger partial charge in [-0.15, -0.1) is 0 Å². The van der Waals surface area contributed by atoms with E-state index in [1.54, 1.807) is 12.1 Å². The molecule has 1 aromatic rings. The highest BCUT2D eigenvalue weighted by Gasteiger charge is 2.16. The molecule has 0 aliphatic carbocycles. The highest BCUT2D eigenvalue weighted by molar-refractivity contribution is 7.80. The molecule has 1 aromatic carbocycles. The van der Waals surface area contributed by atoms with E-state index in [2.05, 4.69) is 5.32 Å². The first-order valence-electron chi connectivity index (χ1n) is 5.98. The van der Waals surface area contributed by atoms with Gasteiger partial charge in [-0.1, -0.05) is 23.7 Å². The Balaban J connectivity index is 1.84. The molecule has 1 aliphatic rings. The van der Waals surface area contributed by atoms with Crippen LogP contribution in [0.1, 0.15) is 18.4 Å². The second kappa shape index (κ2) is 6.16. The Morgan fingerprint density at radius 2 is 1.89 bits per heavy atom. The Morgan fingerprint density at radius 3 is 2.50 bits per heavy atom. The van der Waals surface area contributed by atoms with Crippen molar-refractivity contribution in [1.82, 2.24) is 10.2 Å². The van der Waals surface area contributed by atoms with E-state index < -0.39 is 0 Å². The van der Waals surface area contributed by atoms with Crippen LogP contribution in [0.5, 0.6) is 0 Å². The fraction of sp³-hybridized carbons (Fsp3) is 0.385. The highest BCUT2D eigenvalue weighted by atomic mass is 35.5. The normalized spacial score (nSPS) is 14.6. The fourth-order valence-electron chi connectivity index (χ4n) is 1.95. The van der Waals surface area contributed by atoms with Crippen molar-refractivity contribution in [2.75, 3.05) is 13.1 Å². The van der Waals surface area contributed by atoms with E-state index in [4.69, 9.17) is 23.8 Å². The maximum atomic E-state index is 11.8. The van der Waals surface area contributed by atoms with Crippen molar-refractivity contribution in [3.05, 3.63) is 34.9 Å². The maximum absolute atomic E-state index is 11.8. The van der Waals surface area contributed by atoms with Crippen LogP contribution in [0.3, 0.4) is 0 Å². The fourth-order valence-corrected chi connectivity index (χ4v) is 2.37. The number of hydrogen-bond donors (Lipinski definition) is 1. The van der Waals surface area contributed by atoms with Crippen molar-refractivity contribution in [3.8, 4) is 0 Å². The van der Waals surface area contributed by atoms with Crippen LogP contribution >= 0.6 is 23.8 Å². The van der Waals surface area contributed by atoms with Crippen LogP contribution in [-0.2, 0) is 11.2 Å². The number of carbonyl (C=O) groups is 1. The van der Waals surface area contributed by atoms with E-state index in [0.29, 0.717) is 16.6 Å². The molecule has 0 aromatic heterocycles. The zero-order valence-electron chi connectivity index (χ0n) is 9.99. The van der Waals surface area contributed by atoms with E-state index in [-0.39, 0.29) is 5.91 Å². The number of nitrogens with zero attached hydrogens (tertiary/aromatic N) is 1. The Hall–Kier alpha value is -1.13. The zero-order chi connectivity index (χ0) is 13.0. The van der Waals surface area contributed by atoms with Gasteiger partial charge in [0.2, 0.25) is 5.91 Å². The molecular formula is C13H15ClN2OS. The number of halogens is 1. The summed E-state index contributed by atoms with van der Waals surface area (Å²) in [6, 6.07) is 7.26. The van der Waals surface area contributed by atoms with Crippen LogP contribution in [0, 0.1) is 0 Å². The molecule has 0 spiro atoms. The lowest BCUT2D eigenvalue weighted by molar-refractivity contribution is -0.119. The third-order valence-electron chi connectivity index (χ3n) is 2.92. The molecule has 96 valence electrons. The Bertz CT molecular complexity index is 441. The van der Waals surface area contributed by atoms with Gasteiger partial charge in [-0.2, -0.15) is 0 Å². The Morgan fingerprint density at radius 1 is 1.28 bits per heavy atom. The van der Waals surface area contributed by atoms with Gasteiger partial charge in [-0.3, -0.25) is 4.79 Å². The first-order valence-corrected chi connectivity index (χ1v) is 6.77. The third-order valence-corrected chi connectivity index (χ3v) is 3.53. The molecule has 1 N–H and O–H groups in total. The predicted molar refractivity (Wildman–Crippen MR) is 76.7 cm³/mol. The standard InChI is InChI=1S/C13H15ClN2OS/c14-11-5-3-10(4-6-11)9-12(17)15-13(18)16-7-1-2-8-16/h3-6H,1-2,7-9H2,(H,15,17,18). The summed E-state index contributed by atoms with van der Waals surface area (Å²) in [4.78, 5) is 13.8. The molecule has 1 amide bonds. The number of nitrogens with one attached hydrogen (secondary N) is 1. The quantitative estimate of drug-likeness (QED) is 0.846. The molecule has 3 nitrogen and oxygen atoms in total. The lowest BCUT2D eigenvalue weighted by Gasteiger charge is -2.18. The summed E-state index contributed by atoms with van der Waals surface area (Å²) in [5, 5.41) is 3.99. The number of likely N-dealkylation sites (tertiary alicyclic amines) is 1. The second-order valence-electron chi connectivity index (χ2n) is 4.35. The molecule has 0 bridgehead atoms. The van der Waals surface area contributed by atoms with Gasteiger partial charge >= 0.3 is 0 Å². The largest absolute Gasteiger partial charge is 0.349 e. The smallest absolute Gasteiger partial charge is 0.230 e. The molecule has 0 unspecified atom stereocenters. The topological polar surface area (TPSA) is 32.3 Å². The monoisotopic (exact) mass is 282 g/mol. The van der Waals surface area contributed by atoms with Crippen molar-refractivity contribution in [3.63, 3.8) is 0 Å². The van der Waals surface area contributed by atoms with Gasteiger partial charge in [-0.25, -0.2) is 0 Å². The van der Waals surface area contributed by atoms with Gasteiger partial charge in [0, 0.05) is 18.1 Å². The summed E-state index contributed by atoms with van der Waals surface area (Å²) in [6.45, 7) is 1.89. The number of benzene rings is 1. The predicted octanol–water partition coefficient (Wildman–Crippen LogP) is 2.38. The van der Waals surface area contributed by atoms with Gasteiger partial charge in [0.15, 0.2) is 5.11 Å². The van der Waals surface area contributed by atoms with Crippen LogP contribution in [-0.4, -0.2) is 29.0 Å². The second-order valence-corrected chi connectivity index (χ2v) is 5.17. The summed E-state index contributed by atoms with van der Waals surface area (Å²) in [5.74, 6) is -0.0748. The maximum Gasteiger partial charge on any atom is 0.230 e. The van der Waals surface area contributed by atoms with Crippen LogP contribution in [0.25, 0.3) is 0 Å². The van der Waals surface area contributed by atoms with E-state index in [1.165, 1.54) is 0 Å². The lowest BCUT2D eigenvalue weighted by atomic mass is 10.1. The number of amides is 1. The van der Waals surface area contributed by atoms with E-state index in [0.717, 1.165) is 31.5 Å². The van der Waals surface area contributed by atoms with Crippen molar-refractivity contribution < 1.29 is 4.79 Å². The molecule has 1 heterocycles. The Labute approximate surface area is 117 Å². The minimum Gasteiger partial charge on any atom is -0.349 e. The van der Waals surface area contributed by atoms with E-state index in [1.807, 2.05) is 17.0 Å². The summed E-state index contributed by atoms with van der Waals surface area (Å²) in [6.07, 6.45) is 2.62. The van der Waals surface area contributed by atoms with Crippen molar-refractivity contribution >= 4 is 34.8 Å². The van der Waals surface area contributed by atoms with Crippen molar-refractivity contribution in [2.24, 2.45) is 0 Å². The molecule has 1 fully saturated rings. The summed E-state index contributed by atoms with van der Waals surface area (Å²) in [7, 11) is 0. The van der Waals surface area contributed by atoms with E-state index in [9.17, 15) is 4.79 Å². The highest BCUT2D eigenvalue weighted by Crippen LogP contribution is 2.10. The molecule has 1 aliphatic heterocycles. The van der Waals surface area contributed by atoms with Crippen LogP contribution in [0.2, 0.25) is 5.02 Å². The average Bonchev–Trinajstić information content (AvgIpc) is 2.85. The minimum absolute atomic E-state index is 0.0748. The molecular weight excluding hydrogens is 268 g/mol. The van der Waals surface area contributed by atoms with Gasteiger partial charge in [-0.05, 0) is 42.8 Å². The Kier molecular flexibility index (Phi) is 4.55. The molecule has 1 saturated heterocycles. The SMILES string of the molecule is O=C(Cc1ccc(Cl)cc1)NC(=S)N1CCCC1. The van der Waals surface area contributed by atoms with Crippen molar-refractivity contribution in [1.29, 1.82) is 0 Å². The van der Waals surface area contributed by atoms with Gasteiger partial charge in [0.05, 0.1) is 6.42 Å². The van der Waals surface area contributed by atoms with Gasteiger partial charge in [0.25, 0.3) is 0 Å². The molecule has 5 heteroatoms. The van der Waals surface area contributed by atoms with Crippen LogP contribution < -0.4 is 5.32 Å². The minimum atomic E-state index is -0.0748. The summed E-state index contributed by atoms with van der Waals surface area (Å²) >= 11 is 11.0. The average molecular weight is 283 g/mol. The van der Waals surface area contributed by atoms with E-state index >= 15 is 0 Å². The summed E-state index contributed by atoms with van der Waals surface area (Å²) in [5.41, 5.74) is 0.932. The van der Waals surface area contributed by atoms with Crippen LogP contribution in [0.4, 0.5) is 0 Å². The third kappa shape index (κ3) is 3.68. The number of carbonyl (C=O) groups excluding carboxylic acids is 1. The lowest BCUT2D eigenvalue weighted by Crippen LogP contribution is -2.41. The van der Waals surface area contributed by atoms with Gasteiger partial charge < -0.3 is 10.2 Å². The first-order chi connectivity index (χ1) is 8.65. The molecule has 0 atom stereocenters. The van der Waals surface area contributed by atoms with Gasteiger partial charge in [0.1, 0.15) is 0 Å². The zero-order valence-corrected chi connectivity index (χ0v) is 11.6.